The summed E-state index contributed by atoms with van der Waals surface area (Å²) in [5.41, 5.74) is 6.00. The lowest BCUT2D eigenvalue weighted by Gasteiger charge is -2.33. The van der Waals surface area contributed by atoms with Crippen LogP contribution in [0.1, 0.15) is 33.1 Å². The Morgan fingerprint density at radius 2 is 1.90 bits per heavy atom. The molecule has 2 rings (SSSR count). The van der Waals surface area contributed by atoms with Crippen molar-refractivity contribution in [3.8, 4) is 0 Å². The summed E-state index contributed by atoms with van der Waals surface area (Å²) < 4.78 is 5.27. The van der Waals surface area contributed by atoms with Gasteiger partial charge in [0, 0.05) is 19.6 Å². The maximum Gasteiger partial charge on any atom is 0.245 e. The molecule has 120 valence electrons. The van der Waals surface area contributed by atoms with Crippen LogP contribution in [0.3, 0.4) is 0 Å². The fourth-order valence-electron chi connectivity index (χ4n) is 3.10. The highest BCUT2D eigenvalue weighted by Gasteiger charge is 2.38. The number of hydrogen-bond donors (Lipinski definition) is 1. The quantitative estimate of drug-likeness (QED) is 0.805. The van der Waals surface area contributed by atoms with Gasteiger partial charge in [0.15, 0.2) is 0 Å². The predicted octanol–water partition coefficient (Wildman–Crippen LogP) is 0.210. The summed E-state index contributed by atoms with van der Waals surface area (Å²) in [5.74, 6) is 0.355. The van der Waals surface area contributed by atoms with E-state index in [1.807, 2.05) is 18.7 Å². The van der Waals surface area contributed by atoms with E-state index in [4.69, 9.17) is 10.5 Å². The Balaban J connectivity index is 1.98. The fourth-order valence-corrected chi connectivity index (χ4v) is 3.10. The minimum Gasteiger partial charge on any atom is -0.378 e. The summed E-state index contributed by atoms with van der Waals surface area (Å²) in [6.45, 7) is 7.15. The molecule has 0 spiro atoms. The number of amides is 2. The van der Waals surface area contributed by atoms with E-state index < -0.39 is 6.04 Å². The van der Waals surface area contributed by atoms with Gasteiger partial charge in [-0.25, -0.2) is 0 Å². The molecule has 2 heterocycles. The first-order valence-corrected chi connectivity index (χ1v) is 7.93. The van der Waals surface area contributed by atoms with Gasteiger partial charge in [0.05, 0.1) is 19.3 Å². The molecule has 0 aromatic carbocycles. The largest absolute Gasteiger partial charge is 0.378 e. The van der Waals surface area contributed by atoms with Crippen molar-refractivity contribution < 1.29 is 14.3 Å². The van der Waals surface area contributed by atoms with Crippen LogP contribution in [0.25, 0.3) is 0 Å². The van der Waals surface area contributed by atoms with Crippen LogP contribution in [0.2, 0.25) is 0 Å². The number of likely N-dealkylation sites (tertiary alicyclic amines) is 1. The van der Waals surface area contributed by atoms with Crippen LogP contribution in [0, 0.1) is 5.92 Å². The lowest BCUT2D eigenvalue weighted by molar-refractivity contribution is -0.147. The van der Waals surface area contributed by atoms with Crippen molar-refractivity contribution in [3.63, 3.8) is 0 Å². The van der Waals surface area contributed by atoms with Crippen LogP contribution in [-0.4, -0.2) is 66.5 Å². The molecule has 2 saturated heterocycles. The van der Waals surface area contributed by atoms with Gasteiger partial charge in [-0.3, -0.25) is 9.59 Å². The first-order valence-electron chi connectivity index (χ1n) is 7.93. The van der Waals surface area contributed by atoms with Gasteiger partial charge in [-0.1, -0.05) is 13.8 Å². The zero-order valence-corrected chi connectivity index (χ0v) is 13.1. The summed E-state index contributed by atoms with van der Waals surface area (Å²) in [6, 6.07) is -0.822. The van der Waals surface area contributed by atoms with Crippen LogP contribution in [0.5, 0.6) is 0 Å². The number of ether oxygens (including phenoxy) is 1. The number of nitrogens with two attached hydrogens (primary N) is 1. The highest BCUT2D eigenvalue weighted by molar-refractivity contribution is 5.90. The van der Waals surface area contributed by atoms with E-state index >= 15 is 0 Å². The van der Waals surface area contributed by atoms with Crippen LogP contribution < -0.4 is 5.73 Å². The third-order valence-electron chi connectivity index (χ3n) is 4.19. The normalized spacial score (nSPS) is 24.5. The van der Waals surface area contributed by atoms with Crippen molar-refractivity contribution in [3.05, 3.63) is 0 Å². The van der Waals surface area contributed by atoms with Crippen LogP contribution in [-0.2, 0) is 14.3 Å². The van der Waals surface area contributed by atoms with Gasteiger partial charge >= 0.3 is 0 Å². The second-order valence-corrected chi connectivity index (χ2v) is 6.36. The standard InChI is InChI=1S/C15H27N3O3/c1-11(2)10-12(16)14(19)18-5-3-4-13(18)15(20)17-6-8-21-9-7-17/h11-13H,3-10,16H2,1-2H3/t12-,13?/m0/s1. The molecule has 0 radical (unpaired) electrons. The fraction of sp³-hybridized carbons (Fsp3) is 0.867. The van der Waals surface area contributed by atoms with Crippen molar-refractivity contribution in [2.45, 2.75) is 45.2 Å². The van der Waals surface area contributed by atoms with E-state index in [2.05, 4.69) is 0 Å². The summed E-state index contributed by atoms with van der Waals surface area (Å²) in [4.78, 5) is 28.6. The van der Waals surface area contributed by atoms with E-state index in [-0.39, 0.29) is 17.9 Å². The monoisotopic (exact) mass is 297 g/mol. The Bertz CT molecular complexity index is 380. The maximum atomic E-state index is 12.6. The Kier molecular flexibility index (Phi) is 5.58. The Labute approximate surface area is 126 Å². The van der Waals surface area contributed by atoms with Crippen molar-refractivity contribution in [1.82, 2.24) is 9.80 Å². The predicted molar refractivity (Wildman–Crippen MR) is 79.6 cm³/mol. The summed E-state index contributed by atoms with van der Waals surface area (Å²) in [6.07, 6.45) is 2.28. The number of nitrogens with zero attached hydrogens (tertiary/aromatic N) is 2. The van der Waals surface area contributed by atoms with E-state index in [1.165, 1.54) is 0 Å². The lowest BCUT2D eigenvalue weighted by atomic mass is 10.0. The second kappa shape index (κ2) is 7.22. The Morgan fingerprint density at radius 1 is 1.24 bits per heavy atom. The molecule has 1 unspecified atom stereocenters. The molecule has 2 amide bonds. The third-order valence-corrected chi connectivity index (χ3v) is 4.19. The topological polar surface area (TPSA) is 75.9 Å². The Hall–Kier alpha value is -1.14. The molecule has 6 heteroatoms. The molecular formula is C15H27N3O3. The SMILES string of the molecule is CC(C)C[C@H](N)C(=O)N1CCCC1C(=O)N1CCOCC1. The van der Waals surface area contributed by atoms with Gasteiger partial charge in [0.25, 0.3) is 0 Å². The molecule has 2 aliphatic rings. The van der Waals surface area contributed by atoms with Gasteiger partial charge in [-0.2, -0.15) is 0 Å². The van der Waals surface area contributed by atoms with E-state index in [1.54, 1.807) is 4.90 Å². The third kappa shape index (κ3) is 3.95. The van der Waals surface area contributed by atoms with E-state index in [0.717, 1.165) is 12.8 Å². The smallest absolute Gasteiger partial charge is 0.245 e. The van der Waals surface area contributed by atoms with Gasteiger partial charge < -0.3 is 20.3 Å². The average Bonchev–Trinajstić information content (AvgIpc) is 2.95. The molecule has 2 aliphatic heterocycles. The summed E-state index contributed by atoms with van der Waals surface area (Å²) in [5, 5.41) is 0. The molecule has 2 fully saturated rings. The number of carbonyl (C=O) groups excluding carboxylic acids is 2. The van der Waals surface area contributed by atoms with Gasteiger partial charge in [-0.05, 0) is 25.2 Å². The molecule has 2 N–H and O–H groups in total. The van der Waals surface area contributed by atoms with Crippen molar-refractivity contribution in [1.29, 1.82) is 0 Å². The van der Waals surface area contributed by atoms with E-state index in [0.29, 0.717) is 45.2 Å². The molecular weight excluding hydrogens is 270 g/mol. The highest BCUT2D eigenvalue weighted by atomic mass is 16.5. The minimum absolute atomic E-state index is 0.0564. The zero-order chi connectivity index (χ0) is 15.4. The minimum atomic E-state index is -0.497. The maximum absolute atomic E-state index is 12.6. The first-order chi connectivity index (χ1) is 10.0. The second-order valence-electron chi connectivity index (χ2n) is 6.36. The van der Waals surface area contributed by atoms with Crippen LogP contribution >= 0.6 is 0 Å². The molecule has 2 atom stereocenters. The van der Waals surface area contributed by atoms with Gasteiger partial charge in [0.2, 0.25) is 11.8 Å². The average molecular weight is 297 g/mol. The first kappa shape index (κ1) is 16.2. The lowest BCUT2D eigenvalue weighted by Crippen LogP contribution is -2.54. The molecule has 0 saturated carbocycles. The molecule has 6 nitrogen and oxygen atoms in total. The van der Waals surface area contributed by atoms with Crippen molar-refractivity contribution in [2.75, 3.05) is 32.8 Å². The number of hydrogen-bond acceptors (Lipinski definition) is 4. The molecule has 21 heavy (non-hydrogen) atoms. The summed E-state index contributed by atoms with van der Waals surface area (Å²) >= 11 is 0. The number of carbonyl (C=O) groups is 2. The van der Waals surface area contributed by atoms with Gasteiger partial charge in [0.1, 0.15) is 6.04 Å². The van der Waals surface area contributed by atoms with Gasteiger partial charge in [-0.15, -0.1) is 0 Å². The van der Waals surface area contributed by atoms with Crippen molar-refractivity contribution in [2.24, 2.45) is 11.7 Å². The molecule has 0 aromatic heterocycles. The Morgan fingerprint density at radius 3 is 2.52 bits per heavy atom. The van der Waals surface area contributed by atoms with Crippen molar-refractivity contribution >= 4 is 11.8 Å². The summed E-state index contributed by atoms with van der Waals surface area (Å²) in [7, 11) is 0. The molecule has 0 aliphatic carbocycles. The molecule has 0 bridgehead atoms. The van der Waals surface area contributed by atoms with E-state index in [9.17, 15) is 9.59 Å². The van der Waals surface area contributed by atoms with Crippen LogP contribution in [0.15, 0.2) is 0 Å². The number of rotatable bonds is 4. The van der Waals surface area contributed by atoms with Crippen LogP contribution in [0.4, 0.5) is 0 Å². The molecule has 0 aromatic rings. The zero-order valence-electron chi connectivity index (χ0n) is 13.1. The highest BCUT2D eigenvalue weighted by Crippen LogP contribution is 2.21. The number of morpholine rings is 1.